The van der Waals surface area contributed by atoms with Crippen molar-refractivity contribution < 1.29 is 19.1 Å². The van der Waals surface area contributed by atoms with Crippen molar-refractivity contribution in [2.75, 3.05) is 26.1 Å². The predicted molar refractivity (Wildman–Crippen MR) is 119 cm³/mol. The molecule has 158 valence electrons. The Morgan fingerprint density at radius 3 is 2.32 bits per heavy atom. The summed E-state index contributed by atoms with van der Waals surface area (Å²) >= 11 is 0. The van der Waals surface area contributed by atoms with Crippen LogP contribution in [0.15, 0.2) is 72.8 Å². The van der Waals surface area contributed by atoms with E-state index in [0.717, 1.165) is 11.1 Å². The third-order valence-corrected chi connectivity index (χ3v) is 5.42. The summed E-state index contributed by atoms with van der Waals surface area (Å²) in [6, 6.07) is 21.6. The van der Waals surface area contributed by atoms with Crippen molar-refractivity contribution >= 4 is 17.5 Å². The van der Waals surface area contributed by atoms with Crippen LogP contribution in [0.1, 0.15) is 27.5 Å². The molecule has 2 amide bonds. The number of carbonyl (C=O) groups excluding carboxylic acids is 2. The molecule has 1 atom stereocenters. The number of amides is 2. The fraction of sp³-hybridized carbons (Fsp3) is 0.200. The molecule has 1 unspecified atom stereocenters. The summed E-state index contributed by atoms with van der Waals surface area (Å²) in [5.74, 6) is 0.679. The molecular weight excluding hydrogens is 392 g/mol. The van der Waals surface area contributed by atoms with Crippen LogP contribution in [0.3, 0.4) is 0 Å². The molecule has 1 N–H and O–H groups in total. The van der Waals surface area contributed by atoms with Crippen molar-refractivity contribution in [3.05, 3.63) is 89.5 Å². The average molecular weight is 416 g/mol. The number of benzene rings is 3. The van der Waals surface area contributed by atoms with Gasteiger partial charge in [0.2, 0.25) is 0 Å². The van der Waals surface area contributed by atoms with Crippen molar-refractivity contribution in [3.63, 3.8) is 0 Å². The average Bonchev–Trinajstić information content (AvgIpc) is 2.92. The molecule has 0 radical (unpaired) electrons. The van der Waals surface area contributed by atoms with E-state index < -0.39 is 6.04 Å². The molecule has 3 aromatic rings. The van der Waals surface area contributed by atoms with Crippen LogP contribution in [0.5, 0.6) is 11.5 Å². The Bertz CT molecular complexity index is 1100. The molecule has 1 heterocycles. The van der Waals surface area contributed by atoms with Crippen LogP contribution in [0.2, 0.25) is 0 Å². The van der Waals surface area contributed by atoms with Gasteiger partial charge in [-0.05, 0) is 41.8 Å². The minimum absolute atomic E-state index is 0.256. The second-order valence-corrected chi connectivity index (χ2v) is 7.27. The lowest BCUT2D eigenvalue weighted by molar-refractivity contribution is -0.129. The largest absolute Gasteiger partial charge is 0.493 e. The van der Waals surface area contributed by atoms with Crippen LogP contribution < -0.4 is 14.8 Å². The van der Waals surface area contributed by atoms with Crippen LogP contribution in [-0.2, 0) is 11.2 Å². The Balaban J connectivity index is 1.65. The van der Waals surface area contributed by atoms with E-state index >= 15 is 0 Å². The summed E-state index contributed by atoms with van der Waals surface area (Å²) < 4.78 is 10.7. The van der Waals surface area contributed by atoms with E-state index in [4.69, 9.17) is 9.47 Å². The molecule has 31 heavy (non-hydrogen) atoms. The maximum absolute atomic E-state index is 13.5. The molecular formula is C25H24N2O4. The lowest BCUT2D eigenvalue weighted by Crippen LogP contribution is -2.41. The van der Waals surface area contributed by atoms with E-state index in [9.17, 15) is 9.59 Å². The first-order chi connectivity index (χ1) is 15.1. The Morgan fingerprint density at radius 1 is 0.871 bits per heavy atom. The number of nitrogens with one attached hydrogen (secondary N) is 1. The number of para-hydroxylation sites is 1. The number of hydrogen-bond acceptors (Lipinski definition) is 5. The third-order valence-electron chi connectivity index (χ3n) is 5.42. The SMILES string of the molecule is COc1ccc(CCN2C(=O)c3ccccc3NC(c3ccccc3)C2=O)cc1OC. The number of rotatable bonds is 6. The van der Waals surface area contributed by atoms with E-state index in [1.54, 1.807) is 26.4 Å². The summed E-state index contributed by atoms with van der Waals surface area (Å²) in [5, 5.41) is 3.27. The standard InChI is InChI=1S/C25H24N2O4/c1-30-21-13-12-17(16-22(21)31-2)14-15-27-24(28)19-10-6-7-11-20(19)26-23(25(27)29)18-8-4-3-5-9-18/h3-13,16,23,26H,14-15H2,1-2H3. The van der Waals surface area contributed by atoms with Gasteiger partial charge in [-0.2, -0.15) is 0 Å². The van der Waals surface area contributed by atoms with Crippen molar-refractivity contribution in [2.24, 2.45) is 0 Å². The highest BCUT2D eigenvalue weighted by atomic mass is 16.5. The van der Waals surface area contributed by atoms with Gasteiger partial charge in [-0.25, -0.2) is 0 Å². The van der Waals surface area contributed by atoms with Gasteiger partial charge in [0, 0.05) is 12.2 Å². The predicted octanol–water partition coefficient (Wildman–Crippen LogP) is 4.08. The molecule has 3 aromatic carbocycles. The molecule has 0 saturated carbocycles. The van der Waals surface area contributed by atoms with Gasteiger partial charge in [0.05, 0.1) is 19.8 Å². The zero-order valence-corrected chi connectivity index (χ0v) is 17.5. The Morgan fingerprint density at radius 2 is 1.58 bits per heavy atom. The van der Waals surface area contributed by atoms with E-state index in [0.29, 0.717) is 29.2 Å². The first-order valence-corrected chi connectivity index (χ1v) is 10.1. The molecule has 0 aliphatic carbocycles. The fourth-order valence-electron chi connectivity index (χ4n) is 3.77. The highest BCUT2D eigenvalue weighted by Gasteiger charge is 2.35. The quantitative estimate of drug-likeness (QED) is 0.613. The first-order valence-electron chi connectivity index (χ1n) is 10.1. The zero-order valence-electron chi connectivity index (χ0n) is 17.5. The van der Waals surface area contributed by atoms with Crippen LogP contribution in [-0.4, -0.2) is 37.5 Å². The monoisotopic (exact) mass is 416 g/mol. The summed E-state index contributed by atoms with van der Waals surface area (Å²) in [5.41, 5.74) is 2.90. The van der Waals surface area contributed by atoms with E-state index in [2.05, 4.69) is 5.32 Å². The lowest BCUT2D eigenvalue weighted by Gasteiger charge is -2.23. The van der Waals surface area contributed by atoms with Crippen molar-refractivity contribution in [1.29, 1.82) is 0 Å². The molecule has 1 aliphatic rings. The molecule has 0 spiro atoms. The second kappa shape index (κ2) is 8.92. The fourth-order valence-corrected chi connectivity index (χ4v) is 3.77. The van der Waals surface area contributed by atoms with Crippen LogP contribution >= 0.6 is 0 Å². The number of ether oxygens (including phenoxy) is 2. The molecule has 0 aromatic heterocycles. The second-order valence-electron chi connectivity index (χ2n) is 7.27. The molecule has 0 fully saturated rings. The van der Waals surface area contributed by atoms with E-state index in [1.165, 1.54) is 4.90 Å². The van der Waals surface area contributed by atoms with E-state index in [1.807, 2.05) is 60.7 Å². The van der Waals surface area contributed by atoms with Gasteiger partial charge in [0.25, 0.3) is 11.8 Å². The molecule has 1 aliphatic heterocycles. The summed E-state index contributed by atoms with van der Waals surface area (Å²) in [6.07, 6.45) is 0.501. The van der Waals surface area contributed by atoms with Crippen LogP contribution in [0.4, 0.5) is 5.69 Å². The number of nitrogens with zero attached hydrogens (tertiary/aromatic N) is 1. The number of anilines is 1. The number of carbonyl (C=O) groups is 2. The summed E-state index contributed by atoms with van der Waals surface area (Å²) in [6.45, 7) is 0.256. The molecule has 4 rings (SSSR count). The number of fused-ring (bicyclic) bond motifs is 1. The third kappa shape index (κ3) is 4.10. The number of methoxy groups -OCH3 is 2. The van der Waals surface area contributed by atoms with Crippen LogP contribution in [0, 0.1) is 0 Å². The van der Waals surface area contributed by atoms with E-state index in [-0.39, 0.29) is 18.4 Å². The van der Waals surface area contributed by atoms with Gasteiger partial charge in [-0.1, -0.05) is 48.5 Å². The van der Waals surface area contributed by atoms with Gasteiger partial charge in [0.1, 0.15) is 6.04 Å². The normalized spacial score (nSPS) is 15.7. The molecule has 0 bridgehead atoms. The first kappa shape index (κ1) is 20.5. The molecule has 6 nitrogen and oxygen atoms in total. The van der Waals surface area contributed by atoms with Gasteiger partial charge < -0.3 is 14.8 Å². The topological polar surface area (TPSA) is 67.9 Å². The number of imide groups is 1. The highest BCUT2D eigenvalue weighted by Crippen LogP contribution is 2.31. The maximum atomic E-state index is 13.5. The van der Waals surface area contributed by atoms with Gasteiger partial charge >= 0.3 is 0 Å². The molecule has 6 heteroatoms. The number of hydrogen-bond donors (Lipinski definition) is 1. The van der Waals surface area contributed by atoms with Crippen LogP contribution in [0.25, 0.3) is 0 Å². The summed E-state index contributed by atoms with van der Waals surface area (Å²) in [7, 11) is 3.16. The van der Waals surface area contributed by atoms with Crippen molar-refractivity contribution in [1.82, 2.24) is 4.90 Å². The highest BCUT2D eigenvalue weighted by molar-refractivity contribution is 6.11. The Hall–Kier alpha value is -3.80. The molecule has 0 saturated heterocycles. The minimum atomic E-state index is -0.640. The lowest BCUT2D eigenvalue weighted by atomic mass is 10.1. The van der Waals surface area contributed by atoms with Gasteiger partial charge in [-0.15, -0.1) is 0 Å². The van der Waals surface area contributed by atoms with Gasteiger partial charge in [-0.3, -0.25) is 14.5 Å². The van der Waals surface area contributed by atoms with Crippen molar-refractivity contribution in [3.8, 4) is 11.5 Å². The Labute approximate surface area is 181 Å². The van der Waals surface area contributed by atoms with Gasteiger partial charge in [0.15, 0.2) is 11.5 Å². The zero-order chi connectivity index (χ0) is 21.8. The maximum Gasteiger partial charge on any atom is 0.262 e. The Kier molecular flexibility index (Phi) is 5.89. The smallest absolute Gasteiger partial charge is 0.262 e. The summed E-state index contributed by atoms with van der Waals surface area (Å²) in [4.78, 5) is 28.1. The van der Waals surface area contributed by atoms with Crippen molar-refractivity contribution in [2.45, 2.75) is 12.5 Å². The minimum Gasteiger partial charge on any atom is -0.493 e.